The molecule has 0 spiro atoms. The summed E-state index contributed by atoms with van der Waals surface area (Å²) in [5.41, 5.74) is 2.91. The number of aliphatic hydroxyl groups excluding tert-OH is 1. The zero-order valence-electron chi connectivity index (χ0n) is 14.8. The van der Waals surface area contributed by atoms with Crippen LogP contribution in [-0.4, -0.2) is 44.4 Å². The average molecular weight is 379 g/mol. The lowest BCUT2D eigenvalue weighted by Gasteiger charge is -2.05. The summed E-state index contributed by atoms with van der Waals surface area (Å²) in [7, 11) is 2.90. The third-order valence-corrected chi connectivity index (χ3v) is 3.52. The SMILES string of the molecule is CNC(=O)c1cccc(Cc2cccc(Cl)c2)c1.COC(=O)NCCO. The van der Waals surface area contributed by atoms with Crippen LogP contribution in [0.3, 0.4) is 0 Å². The predicted molar refractivity (Wildman–Crippen MR) is 102 cm³/mol. The van der Waals surface area contributed by atoms with Crippen molar-refractivity contribution in [1.82, 2.24) is 10.6 Å². The molecule has 0 aliphatic heterocycles. The van der Waals surface area contributed by atoms with Crippen LogP contribution in [0.25, 0.3) is 0 Å². The molecule has 0 radical (unpaired) electrons. The van der Waals surface area contributed by atoms with Gasteiger partial charge in [0.05, 0.1) is 13.7 Å². The van der Waals surface area contributed by atoms with E-state index in [-0.39, 0.29) is 19.1 Å². The first-order valence-electron chi connectivity index (χ1n) is 7.98. The van der Waals surface area contributed by atoms with Gasteiger partial charge in [0, 0.05) is 24.2 Å². The van der Waals surface area contributed by atoms with Gasteiger partial charge >= 0.3 is 6.09 Å². The first-order chi connectivity index (χ1) is 12.5. The number of rotatable bonds is 5. The van der Waals surface area contributed by atoms with Gasteiger partial charge in [0.25, 0.3) is 5.91 Å². The second kappa shape index (κ2) is 11.9. The largest absolute Gasteiger partial charge is 0.453 e. The molecule has 2 aromatic rings. The Morgan fingerprint density at radius 1 is 1.12 bits per heavy atom. The monoisotopic (exact) mass is 378 g/mol. The van der Waals surface area contributed by atoms with Gasteiger partial charge in [-0.15, -0.1) is 0 Å². The molecule has 0 saturated carbocycles. The van der Waals surface area contributed by atoms with Crippen LogP contribution in [-0.2, 0) is 11.2 Å². The third kappa shape index (κ3) is 8.00. The first-order valence-corrected chi connectivity index (χ1v) is 8.36. The fraction of sp³-hybridized carbons (Fsp3) is 0.263. The highest BCUT2D eigenvalue weighted by Crippen LogP contribution is 2.15. The quantitative estimate of drug-likeness (QED) is 0.746. The molecule has 0 aliphatic rings. The van der Waals surface area contributed by atoms with E-state index in [9.17, 15) is 9.59 Å². The molecule has 0 saturated heterocycles. The van der Waals surface area contributed by atoms with Crippen molar-refractivity contribution in [2.24, 2.45) is 0 Å². The third-order valence-electron chi connectivity index (χ3n) is 3.28. The number of benzene rings is 2. The van der Waals surface area contributed by atoms with Gasteiger partial charge in [-0.3, -0.25) is 4.79 Å². The van der Waals surface area contributed by atoms with Gasteiger partial charge in [0.1, 0.15) is 0 Å². The van der Waals surface area contributed by atoms with Crippen LogP contribution in [0.1, 0.15) is 21.5 Å². The minimum Gasteiger partial charge on any atom is -0.453 e. The molecular weight excluding hydrogens is 356 g/mol. The molecule has 3 N–H and O–H groups in total. The second-order valence-electron chi connectivity index (χ2n) is 5.23. The van der Waals surface area contributed by atoms with Gasteiger partial charge in [0.2, 0.25) is 0 Å². The summed E-state index contributed by atoms with van der Waals surface area (Å²) in [5.74, 6) is -0.0667. The fourth-order valence-electron chi connectivity index (χ4n) is 2.08. The van der Waals surface area contributed by atoms with Gasteiger partial charge < -0.3 is 20.5 Å². The molecule has 0 aromatic heterocycles. The maximum Gasteiger partial charge on any atom is 0.406 e. The van der Waals surface area contributed by atoms with Crippen molar-refractivity contribution in [1.29, 1.82) is 0 Å². The summed E-state index contributed by atoms with van der Waals surface area (Å²) in [4.78, 5) is 21.7. The average Bonchev–Trinajstić information content (AvgIpc) is 2.66. The zero-order chi connectivity index (χ0) is 19.4. The molecule has 0 atom stereocenters. The highest BCUT2D eigenvalue weighted by Gasteiger charge is 2.04. The molecule has 2 aromatic carbocycles. The highest BCUT2D eigenvalue weighted by molar-refractivity contribution is 6.30. The minimum absolute atomic E-state index is 0.0604. The number of aliphatic hydroxyl groups is 1. The Morgan fingerprint density at radius 3 is 2.35 bits per heavy atom. The van der Waals surface area contributed by atoms with Gasteiger partial charge in [-0.25, -0.2) is 4.79 Å². The summed E-state index contributed by atoms with van der Waals surface area (Å²) < 4.78 is 4.19. The molecule has 0 fully saturated rings. The minimum atomic E-state index is -0.515. The number of hydrogen-bond acceptors (Lipinski definition) is 4. The number of carbonyl (C=O) groups excluding carboxylic acids is 2. The number of alkyl carbamates (subject to hydrolysis) is 1. The Balaban J connectivity index is 0.000000359. The normalized spacial score (nSPS) is 9.54. The number of amides is 2. The van der Waals surface area contributed by atoms with Crippen LogP contribution in [0.15, 0.2) is 48.5 Å². The molecule has 140 valence electrons. The van der Waals surface area contributed by atoms with Crippen molar-refractivity contribution in [3.8, 4) is 0 Å². The van der Waals surface area contributed by atoms with E-state index in [0.29, 0.717) is 5.56 Å². The fourth-order valence-corrected chi connectivity index (χ4v) is 2.29. The van der Waals surface area contributed by atoms with Crippen molar-refractivity contribution in [2.45, 2.75) is 6.42 Å². The molecule has 0 bridgehead atoms. The van der Waals surface area contributed by atoms with Gasteiger partial charge in [-0.1, -0.05) is 35.9 Å². The van der Waals surface area contributed by atoms with Crippen LogP contribution < -0.4 is 10.6 Å². The van der Waals surface area contributed by atoms with Crippen LogP contribution in [0.2, 0.25) is 5.02 Å². The van der Waals surface area contributed by atoms with Crippen LogP contribution in [0, 0.1) is 0 Å². The molecule has 2 rings (SSSR count). The lowest BCUT2D eigenvalue weighted by molar-refractivity contribution is 0.0963. The maximum absolute atomic E-state index is 11.5. The van der Waals surface area contributed by atoms with Gasteiger partial charge in [-0.2, -0.15) is 0 Å². The summed E-state index contributed by atoms with van der Waals surface area (Å²) >= 11 is 5.95. The second-order valence-corrected chi connectivity index (χ2v) is 5.66. The number of ether oxygens (including phenoxy) is 1. The molecule has 0 unspecified atom stereocenters. The predicted octanol–water partition coefficient (Wildman–Crippen LogP) is 2.63. The molecular formula is C19H23ClN2O4. The van der Waals surface area contributed by atoms with Crippen molar-refractivity contribution in [2.75, 3.05) is 27.3 Å². The number of carbonyl (C=O) groups is 2. The molecule has 7 heteroatoms. The van der Waals surface area contributed by atoms with E-state index in [1.54, 1.807) is 13.1 Å². The maximum atomic E-state index is 11.5. The Kier molecular flexibility index (Phi) is 9.82. The summed E-state index contributed by atoms with van der Waals surface area (Å²) in [6.07, 6.45) is 0.254. The molecule has 6 nitrogen and oxygen atoms in total. The van der Waals surface area contributed by atoms with E-state index >= 15 is 0 Å². The van der Waals surface area contributed by atoms with Crippen molar-refractivity contribution < 1.29 is 19.4 Å². The summed E-state index contributed by atoms with van der Waals surface area (Å²) in [6.45, 7) is 0.182. The number of nitrogens with one attached hydrogen (secondary N) is 2. The Morgan fingerprint density at radius 2 is 1.77 bits per heavy atom. The summed E-state index contributed by atoms with van der Waals surface area (Å²) in [6, 6.07) is 15.4. The van der Waals surface area contributed by atoms with Crippen LogP contribution in [0.4, 0.5) is 4.79 Å². The number of methoxy groups -OCH3 is 1. The number of hydrogen-bond donors (Lipinski definition) is 3. The van der Waals surface area contributed by atoms with Crippen molar-refractivity contribution in [3.63, 3.8) is 0 Å². The standard InChI is InChI=1S/C15H14ClNO.C4H9NO3/c1-17-15(18)13-6-2-4-11(9-13)8-12-5-3-7-14(16)10-12;1-8-4(7)5-2-3-6/h2-7,9-10H,8H2,1H3,(H,17,18);6H,2-3H2,1H3,(H,5,7). The summed E-state index contributed by atoms with van der Waals surface area (Å²) in [5, 5.41) is 13.8. The topological polar surface area (TPSA) is 87.7 Å². The first kappa shape index (κ1) is 21.5. The van der Waals surface area contributed by atoms with Gasteiger partial charge in [-0.05, 0) is 41.8 Å². The molecule has 2 amide bonds. The highest BCUT2D eigenvalue weighted by atomic mass is 35.5. The van der Waals surface area contributed by atoms with Gasteiger partial charge in [0.15, 0.2) is 0 Å². The zero-order valence-corrected chi connectivity index (χ0v) is 15.5. The van der Waals surface area contributed by atoms with Crippen molar-refractivity contribution >= 4 is 23.6 Å². The van der Waals surface area contributed by atoms with E-state index < -0.39 is 6.09 Å². The van der Waals surface area contributed by atoms with E-state index in [1.165, 1.54) is 7.11 Å². The molecule has 0 heterocycles. The van der Waals surface area contributed by atoms with Crippen molar-refractivity contribution in [3.05, 3.63) is 70.2 Å². The van der Waals surface area contributed by atoms with E-state index in [0.717, 1.165) is 22.6 Å². The van der Waals surface area contributed by atoms with Crippen LogP contribution >= 0.6 is 11.6 Å². The van der Waals surface area contributed by atoms with E-state index in [2.05, 4.69) is 15.4 Å². The number of halogens is 1. The lowest BCUT2D eigenvalue weighted by Crippen LogP contribution is -2.25. The van der Waals surface area contributed by atoms with E-state index in [4.69, 9.17) is 16.7 Å². The smallest absolute Gasteiger partial charge is 0.406 e. The van der Waals surface area contributed by atoms with E-state index in [1.807, 2.05) is 42.5 Å². The Bertz CT molecular complexity index is 722. The molecule has 0 aliphatic carbocycles. The lowest BCUT2D eigenvalue weighted by atomic mass is 10.0. The van der Waals surface area contributed by atoms with Crippen LogP contribution in [0.5, 0.6) is 0 Å². The Hall–Kier alpha value is -2.57. The Labute approximate surface area is 158 Å². The molecule has 26 heavy (non-hydrogen) atoms.